The lowest BCUT2D eigenvalue weighted by molar-refractivity contribution is -0.120. The number of hydrogen-bond acceptors (Lipinski definition) is 3. The molecule has 2 rings (SSSR count). The summed E-state index contributed by atoms with van der Waals surface area (Å²) >= 11 is 0. The Labute approximate surface area is 148 Å². The van der Waals surface area contributed by atoms with Crippen LogP contribution in [0.2, 0.25) is 0 Å². The van der Waals surface area contributed by atoms with E-state index in [2.05, 4.69) is 16.2 Å². The summed E-state index contributed by atoms with van der Waals surface area (Å²) in [6, 6.07) is 7.70. The Morgan fingerprint density at radius 3 is 2.23 bits per heavy atom. The van der Waals surface area contributed by atoms with Crippen LogP contribution < -0.4 is 16.2 Å². The van der Waals surface area contributed by atoms with E-state index in [0.29, 0.717) is 11.6 Å². The van der Waals surface area contributed by atoms with E-state index in [1.807, 2.05) is 13.0 Å². The van der Waals surface area contributed by atoms with E-state index >= 15 is 0 Å². The minimum Gasteiger partial charge on any atom is -0.343 e. The first-order valence-electron chi connectivity index (χ1n) is 7.67. The molecule has 26 heavy (non-hydrogen) atoms. The summed E-state index contributed by atoms with van der Waals surface area (Å²) < 4.78 is 26.3. The van der Waals surface area contributed by atoms with Gasteiger partial charge in [-0.15, -0.1) is 0 Å². The number of rotatable bonds is 4. The SMILES string of the molecule is Cc1ccc(C(=O)NNC(=O)CNC(=O)c2ccc(F)cc2F)c(C)c1. The van der Waals surface area contributed by atoms with Crippen LogP contribution in [-0.2, 0) is 4.79 Å². The second-order valence-electron chi connectivity index (χ2n) is 5.63. The average molecular weight is 361 g/mol. The highest BCUT2D eigenvalue weighted by atomic mass is 19.1. The minimum atomic E-state index is -1.04. The molecule has 3 N–H and O–H groups in total. The number of carbonyl (C=O) groups excluding carboxylic acids is 3. The van der Waals surface area contributed by atoms with Crippen LogP contribution in [0.15, 0.2) is 36.4 Å². The van der Waals surface area contributed by atoms with Crippen LogP contribution in [0, 0.1) is 25.5 Å². The van der Waals surface area contributed by atoms with Gasteiger partial charge in [-0.1, -0.05) is 17.7 Å². The van der Waals surface area contributed by atoms with Gasteiger partial charge in [-0.25, -0.2) is 8.78 Å². The summed E-state index contributed by atoms with van der Waals surface area (Å²) in [4.78, 5) is 35.5. The summed E-state index contributed by atoms with van der Waals surface area (Å²) in [5.41, 5.74) is 6.13. The van der Waals surface area contributed by atoms with Crippen molar-refractivity contribution in [3.63, 3.8) is 0 Å². The number of carbonyl (C=O) groups is 3. The van der Waals surface area contributed by atoms with Gasteiger partial charge in [-0.2, -0.15) is 0 Å². The number of nitrogens with one attached hydrogen (secondary N) is 3. The van der Waals surface area contributed by atoms with Crippen LogP contribution in [0.4, 0.5) is 8.78 Å². The molecule has 3 amide bonds. The Balaban J connectivity index is 1.85. The van der Waals surface area contributed by atoms with Gasteiger partial charge >= 0.3 is 0 Å². The number of amides is 3. The van der Waals surface area contributed by atoms with Gasteiger partial charge in [0, 0.05) is 11.6 Å². The summed E-state index contributed by atoms with van der Waals surface area (Å²) in [7, 11) is 0. The van der Waals surface area contributed by atoms with E-state index in [0.717, 1.165) is 23.3 Å². The molecule has 0 atom stereocenters. The Kier molecular flexibility index (Phi) is 6.00. The van der Waals surface area contributed by atoms with E-state index < -0.39 is 41.5 Å². The summed E-state index contributed by atoms with van der Waals surface area (Å²) in [5.74, 6) is -3.94. The fraction of sp³-hybridized carbons (Fsp3) is 0.167. The molecule has 0 aromatic heterocycles. The number of benzene rings is 2. The highest BCUT2D eigenvalue weighted by Gasteiger charge is 2.14. The van der Waals surface area contributed by atoms with Crippen molar-refractivity contribution in [3.05, 3.63) is 70.3 Å². The van der Waals surface area contributed by atoms with Crippen molar-refractivity contribution in [2.75, 3.05) is 6.54 Å². The normalized spacial score (nSPS) is 10.2. The summed E-state index contributed by atoms with van der Waals surface area (Å²) in [6.07, 6.45) is 0. The highest BCUT2D eigenvalue weighted by molar-refractivity contribution is 5.98. The Morgan fingerprint density at radius 2 is 1.58 bits per heavy atom. The molecule has 0 radical (unpaired) electrons. The molecule has 0 saturated heterocycles. The van der Waals surface area contributed by atoms with Gasteiger partial charge in [0.25, 0.3) is 17.7 Å². The molecule has 0 aliphatic heterocycles. The molecule has 2 aromatic rings. The molecule has 0 heterocycles. The largest absolute Gasteiger partial charge is 0.343 e. The molecular formula is C18H17F2N3O3. The Bertz CT molecular complexity index is 799. The second-order valence-corrected chi connectivity index (χ2v) is 5.63. The van der Waals surface area contributed by atoms with Crippen LogP contribution in [0.1, 0.15) is 31.8 Å². The molecule has 8 heteroatoms. The molecule has 0 aliphatic carbocycles. The van der Waals surface area contributed by atoms with E-state index in [1.54, 1.807) is 19.1 Å². The van der Waals surface area contributed by atoms with Crippen molar-refractivity contribution in [1.29, 1.82) is 0 Å². The van der Waals surface area contributed by atoms with Gasteiger partial charge in [0.2, 0.25) is 0 Å². The van der Waals surface area contributed by atoms with Gasteiger partial charge in [0.15, 0.2) is 0 Å². The average Bonchev–Trinajstić information content (AvgIpc) is 2.57. The zero-order valence-electron chi connectivity index (χ0n) is 14.2. The summed E-state index contributed by atoms with van der Waals surface area (Å²) in [5, 5.41) is 2.18. The smallest absolute Gasteiger partial charge is 0.269 e. The van der Waals surface area contributed by atoms with Gasteiger partial charge in [0.05, 0.1) is 12.1 Å². The van der Waals surface area contributed by atoms with Crippen molar-refractivity contribution < 1.29 is 23.2 Å². The van der Waals surface area contributed by atoms with Crippen molar-refractivity contribution >= 4 is 17.7 Å². The molecule has 2 aromatic carbocycles. The lowest BCUT2D eigenvalue weighted by Gasteiger charge is -2.10. The fourth-order valence-electron chi connectivity index (χ4n) is 2.24. The van der Waals surface area contributed by atoms with Crippen molar-refractivity contribution in [3.8, 4) is 0 Å². The van der Waals surface area contributed by atoms with Gasteiger partial charge in [-0.3, -0.25) is 25.2 Å². The van der Waals surface area contributed by atoms with E-state index in [1.165, 1.54) is 0 Å². The third kappa shape index (κ3) is 4.85. The van der Waals surface area contributed by atoms with Crippen LogP contribution in [0.3, 0.4) is 0 Å². The van der Waals surface area contributed by atoms with Crippen LogP contribution in [-0.4, -0.2) is 24.3 Å². The molecule has 0 fully saturated rings. The van der Waals surface area contributed by atoms with Crippen LogP contribution in [0.25, 0.3) is 0 Å². The van der Waals surface area contributed by atoms with Gasteiger partial charge in [0.1, 0.15) is 11.6 Å². The monoisotopic (exact) mass is 361 g/mol. The zero-order valence-corrected chi connectivity index (χ0v) is 14.2. The molecule has 136 valence electrons. The molecular weight excluding hydrogens is 344 g/mol. The first-order chi connectivity index (χ1) is 12.3. The minimum absolute atomic E-state index is 0.390. The molecule has 0 bridgehead atoms. The van der Waals surface area contributed by atoms with Gasteiger partial charge in [-0.05, 0) is 37.6 Å². The number of halogens is 2. The molecule has 0 unspecified atom stereocenters. The quantitative estimate of drug-likeness (QED) is 0.726. The summed E-state index contributed by atoms with van der Waals surface area (Å²) in [6.45, 7) is 3.16. The molecule has 6 nitrogen and oxygen atoms in total. The van der Waals surface area contributed by atoms with E-state index in [9.17, 15) is 23.2 Å². The maximum absolute atomic E-state index is 13.5. The third-order valence-corrected chi connectivity index (χ3v) is 3.53. The van der Waals surface area contributed by atoms with Crippen LogP contribution in [0.5, 0.6) is 0 Å². The first-order valence-corrected chi connectivity index (χ1v) is 7.67. The zero-order chi connectivity index (χ0) is 19.3. The van der Waals surface area contributed by atoms with Gasteiger partial charge < -0.3 is 5.32 Å². The van der Waals surface area contributed by atoms with E-state index in [4.69, 9.17) is 0 Å². The van der Waals surface area contributed by atoms with Crippen molar-refractivity contribution in [1.82, 2.24) is 16.2 Å². The maximum Gasteiger partial charge on any atom is 0.269 e. The predicted octanol–water partition coefficient (Wildman–Crippen LogP) is 1.77. The molecule has 0 aliphatic rings. The highest BCUT2D eigenvalue weighted by Crippen LogP contribution is 2.10. The lowest BCUT2D eigenvalue weighted by Crippen LogP contribution is -2.46. The second kappa shape index (κ2) is 8.19. The standard InChI is InChI=1S/C18H17F2N3O3/c1-10-3-5-13(11(2)7-10)18(26)23-22-16(24)9-21-17(25)14-6-4-12(19)8-15(14)20/h3-8H,9H2,1-2H3,(H,21,25)(H,22,24)(H,23,26). The van der Waals surface area contributed by atoms with E-state index in [-0.39, 0.29) is 0 Å². The topological polar surface area (TPSA) is 87.3 Å². The van der Waals surface area contributed by atoms with Crippen molar-refractivity contribution in [2.45, 2.75) is 13.8 Å². The van der Waals surface area contributed by atoms with Crippen LogP contribution >= 0.6 is 0 Å². The Hall–Kier alpha value is -3.29. The number of hydrazine groups is 1. The first kappa shape index (κ1) is 19.0. The third-order valence-electron chi connectivity index (χ3n) is 3.53. The fourth-order valence-corrected chi connectivity index (χ4v) is 2.24. The predicted molar refractivity (Wildman–Crippen MR) is 90.2 cm³/mol. The maximum atomic E-state index is 13.5. The Morgan fingerprint density at radius 1 is 0.885 bits per heavy atom. The number of hydrogen-bond donors (Lipinski definition) is 3. The van der Waals surface area contributed by atoms with Crippen molar-refractivity contribution in [2.24, 2.45) is 0 Å². The molecule has 0 saturated carbocycles. The molecule has 0 spiro atoms. The number of aryl methyl sites for hydroxylation is 2. The lowest BCUT2D eigenvalue weighted by atomic mass is 10.1.